The van der Waals surface area contributed by atoms with Gasteiger partial charge in [0.15, 0.2) is 6.61 Å². The number of aromatic amines is 1. The van der Waals surface area contributed by atoms with E-state index in [4.69, 9.17) is 16.3 Å². The Morgan fingerprint density at radius 1 is 1.13 bits per heavy atom. The Balaban J connectivity index is 1.54. The highest BCUT2D eigenvalue weighted by atomic mass is 35.5. The van der Waals surface area contributed by atoms with Crippen LogP contribution in [0.5, 0.6) is 0 Å². The van der Waals surface area contributed by atoms with Crippen molar-refractivity contribution in [2.24, 2.45) is 0 Å². The van der Waals surface area contributed by atoms with Crippen molar-refractivity contribution in [1.29, 1.82) is 0 Å². The maximum atomic E-state index is 12.3. The van der Waals surface area contributed by atoms with Crippen LogP contribution in [0.3, 0.4) is 0 Å². The van der Waals surface area contributed by atoms with E-state index in [1.807, 2.05) is 26.0 Å². The summed E-state index contributed by atoms with van der Waals surface area (Å²) in [5, 5.41) is 3.96. The van der Waals surface area contributed by atoms with Gasteiger partial charge in [-0.05, 0) is 49.2 Å². The summed E-state index contributed by atoms with van der Waals surface area (Å²) in [6, 6.07) is 12.5. The molecule has 8 heteroatoms. The van der Waals surface area contributed by atoms with Gasteiger partial charge in [0.05, 0.1) is 17.3 Å². The Hall–Kier alpha value is -3.32. The second kappa shape index (κ2) is 9.00. The van der Waals surface area contributed by atoms with Crippen molar-refractivity contribution in [1.82, 2.24) is 9.88 Å². The molecule has 3 rings (SSSR count). The summed E-state index contributed by atoms with van der Waals surface area (Å²) >= 11 is 6.00. The number of hydrogen-bond donors (Lipinski definition) is 2. The molecule has 0 aliphatic heterocycles. The lowest BCUT2D eigenvalue weighted by Gasteiger charge is -2.17. The van der Waals surface area contributed by atoms with Gasteiger partial charge in [0.1, 0.15) is 5.69 Å². The molecule has 2 N–H and O–H groups in total. The van der Waals surface area contributed by atoms with Crippen LogP contribution in [-0.2, 0) is 14.3 Å². The van der Waals surface area contributed by atoms with Crippen molar-refractivity contribution in [3.8, 4) is 0 Å². The number of fused-ring (bicyclic) bond motifs is 1. The number of H-pyrrole nitrogens is 1. The van der Waals surface area contributed by atoms with Crippen LogP contribution >= 0.6 is 11.6 Å². The van der Waals surface area contributed by atoms with Gasteiger partial charge >= 0.3 is 5.97 Å². The molecule has 0 fully saturated rings. The number of esters is 1. The molecule has 2 aromatic carbocycles. The zero-order valence-corrected chi connectivity index (χ0v) is 17.7. The zero-order chi connectivity index (χ0) is 21.8. The number of anilines is 1. The van der Waals surface area contributed by atoms with Crippen LogP contribution in [0.15, 0.2) is 42.5 Å². The molecule has 2 amide bonds. The number of carbonyl (C=O) groups is 3. The molecule has 0 radical (unpaired) electrons. The predicted octanol–water partition coefficient (Wildman–Crippen LogP) is 3.69. The van der Waals surface area contributed by atoms with E-state index in [2.05, 4.69) is 10.3 Å². The smallest absolute Gasteiger partial charge is 0.355 e. The van der Waals surface area contributed by atoms with Gasteiger partial charge in [0.2, 0.25) is 5.91 Å². The number of aryl methyl sites for hydroxylation is 2. The van der Waals surface area contributed by atoms with E-state index in [9.17, 15) is 14.4 Å². The molecule has 0 aliphatic carbocycles. The molecule has 30 heavy (non-hydrogen) atoms. The normalized spacial score (nSPS) is 10.7. The van der Waals surface area contributed by atoms with Gasteiger partial charge in [-0.15, -0.1) is 0 Å². The average Bonchev–Trinajstić information content (AvgIpc) is 3.12. The Morgan fingerprint density at radius 2 is 1.87 bits per heavy atom. The van der Waals surface area contributed by atoms with Crippen LogP contribution in [-0.4, -0.2) is 47.9 Å². The molecule has 156 valence electrons. The summed E-state index contributed by atoms with van der Waals surface area (Å²) in [4.78, 5) is 40.9. The number of para-hydroxylation sites is 1. The lowest BCUT2D eigenvalue weighted by molar-refractivity contribution is -0.136. The highest BCUT2D eigenvalue weighted by Crippen LogP contribution is 2.22. The molecule has 7 nitrogen and oxygen atoms in total. The van der Waals surface area contributed by atoms with E-state index >= 15 is 0 Å². The fraction of sp³-hybridized carbons (Fsp3) is 0.227. The van der Waals surface area contributed by atoms with Gasteiger partial charge in [-0.2, -0.15) is 0 Å². The average molecular weight is 428 g/mol. The first kappa shape index (κ1) is 21.4. The minimum Gasteiger partial charge on any atom is -0.451 e. The number of nitrogens with zero attached hydrogens (tertiary/aromatic N) is 1. The summed E-state index contributed by atoms with van der Waals surface area (Å²) in [7, 11) is 1.46. The van der Waals surface area contributed by atoms with Crippen LogP contribution in [0.25, 0.3) is 10.9 Å². The molecular weight excluding hydrogens is 406 g/mol. The molecule has 1 aromatic heterocycles. The first-order valence-electron chi connectivity index (χ1n) is 9.30. The number of ether oxygens (including phenoxy) is 1. The number of aromatic nitrogens is 1. The lowest BCUT2D eigenvalue weighted by Crippen LogP contribution is -2.37. The largest absolute Gasteiger partial charge is 0.451 e. The monoisotopic (exact) mass is 427 g/mol. The molecule has 0 spiro atoms. The van der Waals surface area contributed by atoms with Gasteiger partial charge in [0.25, 0.3) is 5.91 Å². The maximum absolute atomic E-state index is 12.3. The predicted molar refractivity (Wildman–Crippen MR) is 116 cm³/mol. The molecule has 0 saturated carbocycles. The number of benzene rings is 2. The highest BCUT2D eigenvalue weighted by molar-refractivity contribution is 6.33. The molecule has 1 heterocycles. The van der Waals surface area contributed by atoms with Gasteiger partial charge in [0, 0.05) is 18.0 Å². The zero-order valence-electron chi connectivity index (χ0n) is 16.9. The molecule has 0 unspecified atom stereocenters. The summed E-state index contributed by atoms with van der Waals surface area (Å²) in [6.07, 6.45) is 0. The van der Waals surface area contributed by atoms with E-state index in [-0.39, 0.29) is 12.2 Å². The first-order valence-corrected chi connectivity index (χ1v) is 9.68. The topological polar surface area (TPSA) is 91.5 Å². The van der Waals surface area contributed by atoms with Crippen LogP contribution in [0.2, 0.25) is 5.02 Å². The fourth-order valence-corrected chi connectivity index (χ4v) is 3.26. The molecule has 0 atom stereocenters. The number of halogens is 1. The van der Waals surface area contributed by atoms with E-state index in [0.29, 0.717) is 10.7 Å². The second-order valence-electron chi connectivity index (χ2n) is 7.08. The van der Waals surface area contributed by atoms with Crippen molar-refractivity contribution in [3.05, 3.63) is 64.3 Å². The molecule has 0 saturated heterocycles. The SMILES string of the molecule is Cc1cc(C)c2cc(C(=O)OCC(=O)N(C)CC(=O)Nc3ccccc3Cl)[nH]c2c1. The third kappa shape index (κ3) is 4.99. The Bertz CT molecular complexity index is 1120. The third-order valence-electron chi connectivity index (χ3n) is 4.59. The number of carbonyl (C=O) groups excluding carboxylic acids is 3. The number of likely N-dealkylation sites (N-methyl/N-ethyl adjacent to an activating group) is 1. The molecule has 3 aromatic rings. The van der Waals surface area contributed by atoms with Crippen LogP contribution < -0.4 is 5.32 Å². The van der Waals surface area contributed by atoms with Crippen LogP contribution in [0, 0.1) is 13.8 Å². The molecular formula is C22H22ClN3O4. The van der Waals surface area contributed by atoms with Crippen molar-refractivity contribution in [2.45, 2.75) is 13.8 Å². The van der Waals surface area contributed by atoms with Crippen molar-refractivity contribution in [3.63, 3.8) is 0 Å². The summed E-state index contributed by atoms with van der Waals surface area (Å²) in [6.45, 7) is 3.26. The summed E-state index contributed by atoms with van der Waals surface area (Å²) in [5.41, 5.74) is 3.68. The minimum atomic E-state index is -0.634. The van der Waals surface area contributed by atoms with E-state index in [1.165, 1.54) is 11.9 Å². The number of hydrogen-bond acceptors (Lipinski definition) is 4. The summed E-state index contributed by atoms with van der Waals surface area (Å²) < 4.78 is 5.12. The van der Waals surface area contributed by atoms with Crippen LogP contribution in [0.4, 0.5) is 5.69 Å². The fourth-order valence-electron chi connectivity index (χ4n) is 3.08. The van der Waals surface area contributed by atoms with Crippen molar-refractivity contribution in [2.75, 3.05) is 25.5 Å². The minimum absolute atomic E-state index is 0.202. The van der Waals surface area contributed by atoms with E-state index in [1.54, 1.807) is 30.3 Å². The highest BCUT2D eigenvalue weighted by Gasteiger charge is 2.18. The standard InChI is InChI=1S/C22H22ClN3O4/c1-13-8-14(2)15-10-19(24-18(15)9-13)22(29)30-12-21(28)26(3)11-20(27)25-17-7-5-4-6-16(17)23/h4-10,24H,11-12H2,1-3H3,(H,25,27). The van der Waals surface area contributed by atoms with Crippen molar-refractivity contribution >= 4 is 46.0 Å². The third-order valence-corrected chi connectivity index (χ3v) is 4.92. The number of rotatable bonds is 6. The van der Waals surface area contributed by atoms with Gasteiger partial charge in [-0.25, -0.2) is 4.79 Å². The number of amides is 2. The summed E-state index contributed by atoms with van der Waals surface area (Å²) in [5.74, 6) is -1.54. The maximum Gasteiger partial charge on any atom is 0.355 e. The molecule has 0 bridgehead atoms. The Labute approximate surface area is 179 Å². The Kier molecular flexibility index (Phi) is 6.42. The second-order valence-corrected chi connectivity index (χ2v) is 7.49. The van der Waals surface area contributed by atoms with E-state index in [0.717, 1.165) is 22.0 Å². The molecule has 0 aliphatic rings. The van der Waals surface area contributed by atoms with Crippen LogP contribution in [0.1, 0.15) is 21.6 Å². The Morgan fingerprint density at radius 3 is 2.60 bits per heavy atom. The quantitative estimate of drug-likeness (QED) is 0.587. The lowest BCUT2D eigenvalue weighted by atomic mass is 10.1. The first-order chi connectivity index (χ1) is 14.2. The van der Waals surface area contributed by atoms with Gasteiger partial charge in [-0.3, -0.25) is 9.59 Å². The van der Waals surface area contributed by atoms with E-state index < -0.39 is 24.4 Å². The van der Waals surface area contributed by atoms with Gasteiger partial charge in [-0.1, -0.05) is 29.8 Å². The number of nitrogens with one attached hydrogen (secondary N) is 2. The van der Waals surface area contributed by atoms with Crippen molar-refractivity contribution < 1.29 is 19.1 Å². The van der Waals surface area contributed by atoms with Gasteiger partial charge < -0.3 is 19.9 Å².